The highest BCUT2D eigenvalue weighted by atomic mass is 32.2. The van der Waals surface area contributed by atoms with Crippen molar-refractivity contribution >= 4 is 23.4 Å². The molecule has 1 N–H and O–H groups in total. The molecule has 0 aliphatic carbocycles. The number of hydrogen-bond donors (Lipinski definition) is 1. The lowest BCUT2D eigenvalue weighted by atomic mass is 9.92. The highest BCUT2D eigenvalue weighted by molar-refractivity contribution is 7.99. The molecule has 142 valence electrons. The van der Waals surface area contributed by atoms with Crippen molar-refractivity contribution in [3.05, 3.63) is 29.3 Å². The Hall–Kier alpha value is -0.960. The molecule has 0 aromatic heterocycles. The fraction of sp³-hybridized carbons (Fsp3) is 0.682. The van der Waals surface area contributed by atoms with Crippen LogP contribution in [0.2, 0.25) is 0 Å². The van der Waals surface area contributed by atoms with E-state index in [0.29, 0.717) is 17.6 Å². The van der Waals surface area contributed by atoms with Crippen LogP contribution in [0.15, 0.2) is 18.2 Å². The molecule has 0 saturated carbocycles. The van der Waals surface area contributed by atoms with E-state index in [4.69, 9.17) is 0 Å². The van der Waals surface area contributed by atoms with E-state index in [1.807, 2.05) is 0 Å². The van der Waals surface area contributed by atoms with E-state index < -0.39 is 0 Å². The number of thioether (sulfide) groups is 1. The summed E-state index contributed by atoms with van der Waals surface area (Å²) >= 11 is 1.76. The standard InChI is InChI=1S/C22H37NOS/c1-6-7-8-9-10-11-15-25-16-21(24)23-22-19(17(2)3)13-12-14-20(22)18(4)5/h12-14,17-18H,6-11,15-16H2,1-5H3,(H,23,24). The van der Waals surface area contributed by atoms with Gasteiger partial charge in [-0.1, -0.05) is 84.9 Å². The number of nitrogens with one attached hydrogen (secondary N) is 1. The van der Waals surface area contributed by atoms with Crippen molar-refractivity contribution in [2.45, 2.75) is 85.0 Å². The van der Waals surface area contributed by atoms with Gasteiger partial charge in [-0.25, -0.2) is 0 Å². The maximum absolute atomic E-state index is 12.4. The van der Waals surface area contributed by atoms with Gasteiger partial charge in [-0.15, -0.1) is 0 Å². The van der Waals surface area contributed by atoms with E-state index in [2.05, 4.69) is 58.1 Å². The normalized spacial score (nSPS) is 11.3. The molecule has 0 aliphatic heterocycles. The van der Waals surface area contributed by atoms with E-state index in [9.17, 15) is 4.79 Å². The molecule has 1 amide bonds. The molecule has 0 unspecified atom stereocenters. The van der Waals surface area contributed by atoms with Crippen molar-refractivity contribution in [3.8, 4) is 0 Å². The fourth-order valence-corrected chi connectivity index (χ4v) is 3.83. The Morgan fingerprint density at radius 1 is 0.960 bits per heavy atom. The molecule has 0 saturated heterocycles. The minimum atomic E-state index is 0.131. The molecule has 2 nitrogen and oxygen atoms in total. The Bertz CT molecular complexity index is 484. The highest BCUT2D eigenvalue weighted by Gasteiger charge is 2.15. The summed E-state index contributed by atoms with van der Waals surface area (Å²) in [6.07, 6.45) is 7.85. The second-order valence-corrected chi connectivity index (χ2v) is 8.59. The maximum Gasteiger partial charge on any atom is 0.234 e. The number of carbonyl (C=O) groups excluding carboxylic acids is 1. The van der Waals surface area contributed by atoms with Crippen LogP contribution in [-0.2, 0) is 4.79 Å². The Kier molecular flexibility index (Phi) is 11.0. The molecule has 0 radical (unpaired) electrons. The first-order chi connectivity index (χ1) is 12.0. The Balaban J connectivity index is 2.46. The van der Waals surface area contributed by atoms with E-state index in [1.165, 1.54) is 49.7 Å². The van der Waals surface area contributed by atoms with Crippen LogP contribution in [0.3, 0.4) is 0 Å². The molecule has 25 heavy (non-hydrogen) atoms. The number of rotatable bonds is 12. The molecule has 0 aliphatic rings. The van der Waals surface area contributed by atoms with E-state index in [1.54, 1.807) is 11.8 Å². The summed E-state index contributed by atoms with van der Waals surface area (Å²) in [5, 5.41) is 3.20. The van der Waals surface area contributed by atoms with E-state index >= 15 is 0 Å². The third-order valence-corrected chi connectivity index (χ3v) is 5.56. The van der Waals surface area contributed by atoms with Crippen molar-refractivity contribution in [2.24, 2.45) is 0 Å². The molecule has 0 heterocycles. The van der Waals surface area contributed by atoms with Gasteiger partial charge in [-0.3, -0.25) is 4.79 Å². The van der Waals surface area contributed by atoms with Gasteiger partial charge < -0.3 is 5.32 Å². The van der Waals surface area contributed by atoms with Gasteiger partial charge in [0.2, 0.25) is 5.91 Å². The molecule has 1 rings (SSSR count). The van der Waals surface area contributed by atoms with Crippen molar-refractivity contribution in [3.63, 3.8) is 0 Å². The van der Waals surface area contributed by atoms with Crippen LogP contribution in [0.25, 0.3) is 0 Å². The number of hydrogen-bond acceptors (Lipinski definition) is 2. The number of benzene rings is 1. The number of anilines is 1. The summed E-state index contributed by atoms with van der Waals surface area (Å²) in [5.41, 5.74) is 3.51. The van der Waals surface area contributed by atoms with Crippen LogP contribution in [0.5, 0.6) is 0 Å². The molecular formula is C22H37NOS. The number of amides is 1. The summed E-state index contributed by atoms with van der Waals surface area (Å²) in [4.78, 5) is 12.4. The summed E-state index contributed by atoms with van der Waals surface area (Å²) in [6.45, 7) is 11.0. The average molecular weight is 364 g/mol. The zero-order valence-electron chi connectivity index (χ0n) is 16.9. The van der Waals surface area contributed by atoms with E-state index in [0.717, 1.165) is 11.4 Å². The van der Waals surface area contributed by atoms with Crippen molar-refractivity contribution in [1.82, 2.24) is 0 Å². The smallest absolute Gasteiger partial charge is 0.234 e. The lowest BCUT2D eigenvalue weighted by Gasteiger charge is -2.20. The number of unbranched alkanes of at least 4 members (excludes halogenated alkanes) is 5. The fourth-order valence-electron chi connectivity index (χ4n) is 3.02. The lowest BCUT2D eigenvalue weighted by molar-refractivity contribution is -0.113. The topological polar surface area (TPSA) is 29.1 Å². The van der Waals surface area contributed by atoms with Crippen LogP contribution >= 0.6 is 11.8 Å². The predicted molar refractivity (Wildman–Crippen MR) is 114 cm³/mol. The molecule has 0 atom stereocenters. The molecule has 0 bridgehead atoms. The summed E-state index contributed by atoms with van der Waals surface area (Å²) in [7, 11) is 0. The molecule has 0 spiro atoms. The van der Waals surface area contributed by atoms with Gasteiger partial charge >= 0.3 is 0 Å². The van der Waals surface area contributed by atoms with Gasteiger partial charge in [-0.2, -0.15) is 11.8 Å². The third kappa shape index (κ3) is 8.31. The predicted octanol–water partition coefficient (Wildman–Crippen LogP) is 6.97. The summed E-state index contributed by atoms with van der Waals surface area (Å²) in [5.74, 6) is 2.59. The Morgan fingerprint density at radius 3 is 2.08 bits per heavy atom. The molecule has 0 fully saturated rings. The molecule has 3 heteroatoms. The number of carbonyl (C=O) groups is 1. The molecule has 1 aromatic carbocycles. The van der Waals surface area contributed by atoms with Gasteiger partial charge in [0.1, 0.15) is 0 Å². The monoisotopic (exact) mass is 363 g/mol. The third-order valence-electron chi connectivity index (χ3n) is 4.51. The Morgan fingerprint density at radius 2 is 1.52 bits per heavy atom. The number of para-hydroxylation sites is 1. The van der Waals surface area contributed by atoms with Gasteiger partial charge in [-0.05, 0) is 35.1 Å². The van der Waals surface area contributed by atoms with Crippen LogP contribution in [0.4, 0.5) is 5.69 Å². The maximum atomic E-state index is 12.4. The summed E-state index contributed by atoms with van der Waals surface area (Å²) in [6, 6.07) is 6.37. The Labute approximate surface area is 159 Å². The average Bonchev–Trinajstić information content (AvgIpc) is 2.57. The minimum Gasteiger partial charge on any atom is -0.325 e. The van der Waals surface area contributed by atoms with Crippen molar-refractivity contribution < 1.29 is 4.79 Å². The van der Waals surface area contributed by atoms with Gasteiger partial charge in [0.15, 0.2) is 0 Å². The highest BCUT2D eigenvalue weighted by Crippen LogP contribution is 2.32. The van der Waals surface area contributed by atoms with Crippen molar-refractivity contribution in [1.29, 1.82) is 0 Å². The zero-order chi connectivity index (χ0) is 18.7. The SMILES string of the molecule is CCCCCCCCSCC(=O)Nc1c(C(C)C)cccc1C(C)C. The minimum absolute atomic E-state index is 0.131. The van der Waals surface area contributed by atoms with Crippen LogP contribution in [0, 0.1) is 0 Å². The largest absolute Gasteiger partial charge is 0.325 e. The quantitative estimate of drug-likeness (QED) is 0.406. The van der Waals surface area contributed by atoms with Crippen LogP contribution < -0.4 is 5.32 Å². The first-order valence-corrected chi connectivity index (χ1v) is 11.1. The first-order valence-electron chi connectivity index (χ1n) is 9.97. The zero-order valence-corrected chi connectivity index (χ0v) is 17.7. The van der Waals surface area contributed by atoms with Crippen LogP contribution in [0.1, 0.15) is 96.1 Å². The van der Waals surface area contributed by atoms with Gasteiger partial charge in [0.25, 0.3) is 0 Å². The molecular weight excluding hydrogens is 326 g/mol. The second-order valence-electron chi connectivity index (χ2n) is 7.49. The van der Waals surface area contributed by atoms with Gasteiger partial charge in [0, 0.05) is 5.69 Å². The van der Waals surface area contributed by atoms with Gasteiger partial charge in [0.05, 0.1) is 5.75 Å². The van der Waals surface area contributed by atoms with E-state index in [-0.39, 0.29) is 5.91 Å². The van der Waals surface area contributed by atoms with Crippen LogP contribution in [-0.4, -0.2) is 17.4 Å². The first kappa shape index (κ1) is 22.1. The lowest BCUT2D eigenvalue weighted by Crippen LogP contribution is -2.18. The van der Waals surface area contributed by atoms with Crippen molar-refractivity contribution in [2.75, 3.05) is 16.8 Å². The summed E-state index contributed by atoms with van der Waals surface area (Å²) < 4.78 is 0. The molecule has 1 aromatic rings. The second kappa shape index (κ2) is 12.4.